The Kier molecular flexibility index (Phi) is 2.90. The van der Waals surface area contributed by atoms with Crippen LogP contribution in [0.15, 0.2) is 30.3 Å². The van der Waals surface area contributed by atoms with Gasteiger partial charge in [-0.15, -0.1) is 0 Å². The fourth-order valence-corrected chi connectivity index (χ4v) is 2.14. The lowest BCUT2D eigenvalue weighted by Gasteiger charge is -2.16. The van der Waals surface area contributed by atoms with E-state index in [0.29, 0.717) is 5.69 Å². The minimum atomic E-state index is -1.00. The second-order valence-corrected chi connectivity index (χ2v) is 4.41. The molecule has 1 aromatic heterocycles. The van der Waals surface area contributed by atoms with Crippen LogP contribution in [-0.2, 0) is 4.79 Å². The van der Waals surface area contributed by atoms with Crippen LogP contribution in [-0.4, -0.2) is 15.6 Å². The van der Waals surface area contributed by atoms with E-state index in [1.165, 1.54) is 0 Å². The van der Waals surface area contributed by atoms with Crippen molar-refractivity contribution in [2.24, 2.45) is 5.73 Å². The fourth-order valence-electron chi connectivity index (χ4n) is 2.14. The number of fused-ring (bicyclic) bond motifs is 1. The summed E-state index contributed by atoms with van der Waals surface area (Å²) in [4.78, 5) is 11.0. The second-order valence-electron chi connectivity index (χ2n) is 4.41. The Morgan fingerprint density at radius 1 is 1.35 bits per heavy atom. The fraction of sp³-hybridized carbons (Fsp3) is 0.308. The molecule has 0 fully saturated rings. The Labute approximate surface area is 99.7 Å². The number of rotatable bonds is 3. The van der Waals surface area contributed by atoms with Crippen molar-refractivity contribution in [2.75, 3.05) is 0 Å². The summed E-state index contributed by atoms with van der Waals surface area (Å²) in [6.07, 6.45) is 0. The largest absolute Gasteiger partial charge is 0.480 e. The summed E-state index contributed by atoms with van der Waals surface area (Å²) < 4.78 is 1.98. The van der Waals surface area contributed by atoms with Crippen LogP contribution in [0, 0.1) is 0 Å². The minimum Gasteiger partial charge on any atom is -0.480 e. The first-order valence-electron chi connectivity index (χ1n) is 5.60. The van der Waals surface area contributed by atoms with Crippen molar-refractivity contribution < 1.29 is 9.90 Å². The van der Waals surface area contributed by atoms with Crippen molar-refractivity contribution in [2.45, 2.75) is 25.9 Å². The molecule has 2 aromatic rings. The van der Waals surface area contributed by atoms with E-state index in [2.05, 4.69) is 0 Å². The smallest absolute Gasteiger partial charge is 0.326 e. The third-order valence-electron chi connectivity index (χ3n) is 2.88. The summed E-state index contributed by atoms with van der Waals surface area (Å²) in [5, 5.41) is 10.0. The maximum absolute atomic E-state index is 11.0. The normalized spacial score (nSPS) is 13.2. The Morgan fingerprint density at radius 2 is 2.00 bits per heavy atom. The summed E-state index contributed by atoms with van der Waals surface area (Å²) in [6.45, 7) is 4.04. The maximum atomic E-state index is 11.0. The Balaban J connectivity index is 2.70. The van der Waals surface area contributed by atoms with Crippen molar-refractivity contribution in [3.8, 4) is 0 Å². The van der Waals surface area contributed by atoms with Gasteiger partial charge in [-0.25, -0.2) is 0 Å². The SMILES string of the molecule is CC(C)n1c(C(N)C(=O)O)cc2ccccc21. The molecule has 0 bridgehead atoms. The average Bonchev–Trinajstić information content (AvgIpc) is 2.66. The molecule has 0 radical (unpaired) electrons. The van der Waals surface area contributed by atoms with Crippen LogP contribution in [0.4, 0.5) is 0 Å². The summed E-state index contributed by atoms with van der Waals surface area (Å²) >= 11 is 0. The van der Waals surface area contributed by atoms with Gasteiger partial charge in [-0.2, -0.15) is 0 Å². The zero-order valence-electron chi connectivity index (χ0n) is 9.92. The average molecular weight is 232 g/mol. The monoisotopic (exact) mass is 232 g/mol. The predicted octanol–water partition coefficient (Wildman–Crippen LogP) is 2.31. The quantitative estimate of drug-likeness (QED) is 0.853. The van der Waals surface area contributed by atoms with Crippen LogP contribution < -0.4 is 5.73 Å². The van der Waals surface area contributed by atoms with Gasteiger partial charge in [0.1, 0.15) is 6.04 Å². The molecule has 0 saturated heterocycles. The third-order valence-corrected chi connectivity index (χ3v) is 2.88. The maximum Gasteiger partial charge on any atom is 0.326 e. The highest BCUT2D eigenvalue weighted by Gasteiger charge is 2.21. The number of carbonyl (C=O) groups is 1. The molecular formula is C13H16N2O2. The van der Waals surface area contributed by atoms with E-state index in [0.717, 1.165) is 10.9 Å². The molecular weight excluding hydrogens is 216 g/mol. The molecule has 1 atom stereocenters. The van der Waals surface area contributed by atoms with Gasteiger partial charge in [0.15, 0.2) is 0 Å². The van der Waals surface area contributed by atoms with Crippen LogP contribution in [0.25, 0.3) is 10.9 Å². The van der Waals surface area contributed by atoms with Crippen molar-refractivity contribution in [1.82, 2.24) is 4.57 Å². The van der Waals surface area contributed by atoms with E-state index >= 15 is 0 Å². The lowest BCUT2D eigenvalue weighted by atomic mass is 10.2. The lowest BCUT2D eigenvalue weighted by molar-refractivity contribution is -0.138. The van der Waals surface area contributed by atoms with Crippen molar-refractivity contribution in [3.63, 3.8) is 0 Å². The number of nitrogens with zero attached hydrogens (tertiary/aromatic N) is 1. The molecule has 0 spiro atoms. The number of para-hydroxylation sites is 1. The van der Waals surface area contributed by atoms with E-state index in [4.69, 9.17) is 10.8 Å². The molecule has 1 heterocycles. The van der Waals surface area contributed by atoms with E-state index < -0.39 is 12.0 Å². The first kappa shape index (κ1) is 11.7. The molecule has 0 saturated carbocycles. The van der Waals surface area contributed by atoms with E-state index in [1.54, 1.807) is 0 Å². The van der Waals surface area contributed by atoms with E-state index in [1.807, 2.05) is 48.7 Å². The number of nitrogens with two attached hydrogens (primary N) is 1. The standard InChI is InChI=1S/C13H16N2O2/c1-8(2)15-10-6-4-3-5-9(10)7-11(15)12(14)13(16)17/h3-8,12H,14H2,1-2H3,(H,16,17). The molecule has 4 heteroatoms. The molecule has 0 aliphatic heterocycles. The Hall–Kier alpha value is -1.81. The van der Waals surface area contributed by atoms with Crippen molar-refractivity contribution in [3.05, 3.63) is 36.0 Å². The molecule has 17 heavy (non-hydrogen) atoms. The molecule has 3 N–H and O–H groups in total. The van der Waals surface area contributed by atoms with Crippen LogP contribution >= 0.6 is 0 Å². The third kappa shape index (κ3) is 1.91. The van der Waals surface area contributed by atoms with Crippen molar-refractivity contribution >= 4 is 16.9 Å². The molecule has 0 aliphatic rings. The first-order chi connectivity index (χ1) is 8.02. The lowest BCUT2D eigenvalue weighted by Crippen LogP contribution is -2.24. The molecule has 2 rings (SSSR count). The molecule has 1 aromatic carbocycles. The molecule has 90 valence electrons. The van der Waals surface area contributed by atoms with Crippen LogP contribution in [0.1, 0.15) is 31.6 Å². The van der Waals surface area contributed by atoms with Gasteiger partial charge >= 0.3 is 5.97 Å². The van der Waals surface area contributed by atoms with Gasteiger partial charge in [0.2, 0.25) is 0 Å². The van der Waals surface area contributed by atoms with Crippen LogP contribution in [0.3, 0.4) is 0 Å². The van der Waals surface area contributed by atoms with Gasteiger partial charge < -0.3 is 15.4 Å². The Morgan fingerprint density at radius 3 is 2.59 bits per heavy atom. The predicted molar refractivity (Wildman–Crippen MR) is 66.9 cm³/mol. The topological polar surface area (TPSA) is 68.2 Å². The number of carboxylic acid groups (broad SMARTS) is 1. The number of hydrogen-bond donors (Lipinski definition) is 2. The highest BCUT2D eigenvalue weighted by Crippen LogP contribution is 2.27. The van der Waals surface area contributed by atoms with Gasteiger partial charge in [-0.1, -0.05) is 18.2 Å². The van der Waals surface area contributed by atoms with Crippen molar-refractivity contribution in [1.29, 1.82) is 0 Å². The van der Waals surface area contributed by atoms with Gasteiger partial charge in [0.25, 0.3) is 0 Å². The van der Waals surface area contributed by atoms with Gasteiger partial charge in [-0.05, 0) is 31.4 Å². The molecule has 0 amide bonds. The number of carboxylic acids is 1. The zero-order chi connectivity index (χ0) is 12.6. The Bertz CT molecular complexity index is 558. The number of aliphatic carboxylic acids is 1. The summed E-state index contributed by atoms with van der Waals surface area (Å²) in [5.41, 5.74) is 7.39. The minimum absolute atomic E-state index is 0.176. The molecule has 1 unspecified atom stereocenters. The van der Waals surface area contributed by atoms with Gasteiger partial charge in [0, 0.05) is 17.3 Å². The zero-order valence-corrected chi connectivity index (χ0v) is 9.92. The van der Waals surface area contributed by atoms with Gasteiger partial charge in [-0.3, -0.25) is 4.79 Å². The summed E-state index contributed by atoms with van der Waals surface area (Å²) in [5.74, 6) is -1.00. The van der Waals surface area contributed by atoms with E-state index in [-0.39, 0.29) is 6.04 Å². The summed E-state index contributed by atoms with van der Waals surface area (Å²) in [6, 6.07) is 8.87. The summed E-state index contributed by atoms with van der Waals surface area (Å²) in [7, 11) is 0. The number of benzene rings is 1. The molecule has 4 nitrogen and oxygen atoms in total. The second kappa shape index (κ2) is 4.22. The highest BCUT2D eigenvalue weighted by atomic mass is 16.4. The van der Waals surface area contributed by atoms with Gasteiger partial charge in [0.05, 0.1) is 0 Å². The van der Waals surface area contributed by atoms with Crippen LogP contribution in [0.2, 0.25) is 0 Å². The molecule has 0 aliphatic carbocycles. The number of aromatic nitrogens is 1. The highest BCUT2D eigenvalue weighted by molar-refractivity contribution is 5.84. The number of hydrogen-bond acceptors (Lipinski definition) is 2. The first-order valence-corrected chi connectivity index (χ1v) is 5.60. The van der Waals surface area contributed by atoms with E-state index in [9.17, 15) is 4.79 Å². The van der Waals surface area contributed by atoms with Crippen LogP contribution in [0.5, 0.6) is 0 Å².